The highest BCUT2D eigenvalue weighted by atomic mass is 19.4. The van der Waals surface area contributed by atoms with Crippen molar-refractivity contribution < 1.29 is 23.0 Å². The highest BCUT2D eigenvalue weighted by molar-refractivity contribution is 5.93. The van der Waals surface area contributed by atoms with Crippen LogP contribution in [0.15, 0.2) is 42.7 Å². The van der Waals surface area contributed by atoms with Gasteiger partial charge in [0.2, 0.25) is 5.78 Å². The van der Waals surface area contributed by atoms with E-state index in [9.17, 15) is 18.3 Å². The number of benzene rings is 2. The van der Waals surface area contributed by atoms with Crippen LogP contribution in [0.5, 0.6) is 11.5 Å². The molecule has 2 N–H and O–H groups in total. The summed E-state index contributed by atoms with van der Waals surface area (Å²) >= 11 is 0. The normalized spacial score (nSPS) is 13.0. The molecule has 2 aromatic heterocycles. The van der Waals surface area contributed by atoms with E-state index in [0.29, 0.717) is 28.1 Å². The number of aromatic hydroxyl groups is 1. The second-order valence-electron chi connectivity index (χ2n) is 6.98. The predicted molar refractivity (Wildman–Crippen MR) is 107 cm³/mol. The van der Waals surface area contributed by atoms with Gasteiger partial charge in [0.05, 0.1) is 24.2 Å². The van der Waals surface area contributed by atoms with E-state index in [1.54, 1.807) is 35.9 Å². The van der Waals surface area contributed by atoms with Gasteiger partial charge in [-0.05, 0) is 37.1 Å². The molecule has 0 saturated heterocycles. The van der Waals surface area contributed by atoms with E-state index in [0.717, 1.165) is 6.07 Å². The summed E-state index contributed by atoms with van der Waals surface area (Å²) in [5.74, 6) is 1.02. The lowest BCUT2D eigenvalue weighted by Gasteiger charge is -2.21. The third kappa shape index (κ3) is 3.26. The summed E-state index contributed by atoms with van der Waals surface area (Å²) in [4.78, 5) is 8.70. The number of phenolic OH excluding ortho intramolecular Hbond substituents is 1. The highest BCUT2D eigenvalue weighted by Crippen LogP contribution is 2.37. The monoisotopic (exact) mass is 416 g/mol. The van der Waals surface area contributed by atoms with E-state index < -0.39 is 17.8 Å². The minimum Gasteiger partial charge on any atom is -0.504 e. The van der Waals surface area contributed by atoms with Crippen LogP contribution < -0.4 is 10.1 Å². The van der Waals surface area contributed by atoms with Crippen LogP contribution in [0.3, 0.4) is 0 Å². The van der Waals surface area contributed by atoms with Crippen LogP contribution in [0.4, 0.5) is 19.0 Å². The standard InChI is InChI=1S/C21H19F3N4O2/c1-11-13(5-4-6-15(11)21(22,23)24)12(2)26-19-14-9-17(29)18(30-3)10-16(14)28-8-7-25-20(28)27-19/h4-10,12,29H,1-3H3,(H,25,26,27). The van der Waals surface area contributed by atoms with E-state index in [2.05, 4.69) is 15.3 Å². The Kier molecular flexibility index (Phi) is 4.68. The molecular weight excluding hydrogens is 397 g/mol. The maximum atomic E-state index is 13.3. The number of anilines is 1. The molecule has 0 aliphatic heterocycles. The molecule has 30 heavy (non-hydrogen) atoms. The van der Waals surface area contributed by atoms with Crippen LogP contribution in [-0.4, -0.2) is 26.6 Å². The molecule has 0 bridgehead atoms. The Morgan fingerprint density at radius 2 is 2.00 bits per heavy atom. The van der Waals surface area contributed by atoms with Crippen LogP contribution >= 0.6 is 0 Å². The van der Waals surface area contributed by atoms with Crippen LogP contribution in [-0.2, 0) is 6.18 Å². The minimum atomic E-state index is -4.43. The average molecular weight is 416 g/mol. The van der Waals surface area contributed by atoms with Gasteiger partial charge in [-0.2, -0.15) is 18.2 Å². The number of methoxy groups -OCH3 is 1. The smallest absolute Gasteiger partial charge is 0.416 e. The summed E-state index contributed by atoms with van der Waals surface area (Å²) in [6.45, 7) is 3.21. The molecule has 0 amide bonds. The molecule has 2 heterocycles. The molecule has 1 unspecified atom stereocenters. The molecule has 9 heteroatoms. The largest absolute Gasteiger partial charge is 0.504 e. The lowest BCUT2D eigenvalue weighted by Crippen LogP contribution is -2.14. The van der Waals surface area contributed by atoms with Crippen molar-refractivity contribution in [3.05, 3.63) is 59.4 Å². The van der Waals surface area contributed by atoms with Crippen LogP contribution in [0, 0.1) is 6.92 Å². The fourth-order valence-electron chi connectivity index (χ4n) is 3.66. The van der Waals surface area contributed by atoms with Crippen LogP contribution in [0.2, 0.25) is 0 Å². The Morgan fingerprint density at radius 1 is 1.23 bits per heavy atom. The first-order valence-electron chi connectivity index (χ1n) is 9.17. The van der Waals surface area contributed by atoms with Crippen molar-refractivity contribution in [1.29, 1.82) is 0 Å². The van der Waals surface area contributed by atoms with E-state index >= 15 is 0 Å². The first-order chi connectivity index (χ1) is 14.2. The van der Waals surface area contributed by atoms with Gasteiger partial charge < -0.3 is 15.2 Å². The first kappa shape index (κ1) is 19.8. The summed E-state index contributed by atoms with van der Waals surface area (Å²) in [6.07, 6.45) is -1.11. The molecule has 0 aliphatic rings. The fraction of sp³-hybridized carbons (Fsp3) is 0.238. The number of hydrogen-bond acceptors (Lipinski definition) is 5. The van der Waals surface area contributed by atoms with Gasteiger partial charge in [-0.15, -0.1) is 0 Å². The number of hydrogen-bond donors (Lipinski definition) is 2. The Balaban J connectivity index is 1.83. The van der Waals surface area contributed by atoms with Crippen molar-refractivity contribution in [2.45, 2.75) is 26.1 Å². The fourth-order valence-corrected chi connectivity index (χ4v) is 3.66. The van der Waals surface area contributed by atoms with Crippen molar-refractivity contribution in [3.63, 3.8) is 0 Å². The zero-order valence-corrected chi connectivity index (χ0v) is 16.4. The molecule has 1 atom stereocenters. The third-order valence-electron chi connectivity index (χ3n) is 5.15. The average Bonchev–Trinajstić information content (AvgIpc) is 3.15. The van der Waals surface area contributed by atoms with Gasteiger partial charge in [0.15, 0.2) is 11.5 Å². The molecule has 2 aromatic carbocycles. The van der Waals surface area contributed by atoms with Gasteiger partial charge in [-0.3, -0.25) is 4.40 Å². The molecule has 0 fully saturated rings. The Bertz CT molecular complexity index is 1250. The molecule has 0 aliphatic carbocycles. The van der Waals surface area contributed by atoms with Gasteiger partial charge in [-0.25, -0.2) is 4.98 Å². The van der Waals surface area contributed by atoms with E-state index in [4.69, 9.17) is 4.74 Å². The first-order valence-corrected chi connectivity index (χ1v) is 9.17. The van der Waals surface area contributed by atoms with E-state index in [1.807, 2.05) is 0 Å². The van der Waals surface area contributed by atoms with Crippen LogP contribution in [0.25, 0.3) is 16.7 Å². The summed E-state index contributed by atoms with van der Waals surface area (Å²) in [6, 6.07) is 6.80. The van der Waals surface area contributed by atoms with E-state index in [-0.39, 0.29) is 17.1 Å². The topological polar surface area (TPSA) is 71.7 Å². The van der Waals surface area contributed by atoms with Gasteiger partial charge in [0, 0.05) is 23.8 Å². The molecule has 0 radical (unpaired) electrons. The van der Waals surface area contributed by atoms with Gasteiger partial charge in [-0.1, -0.05) is 12.1 Å². The quantitative estimate of drug-likeness (QED) is 0.485. The summed E-state index contributed by atoms with van der Waals surface area (Å²) in [7, 11) is 1.45. The number of alkyl halides is 3. The number of halogens is 3. The van der Waals surface area contributed by atoms with E-state index in [1.165, 1.54) is 26.2 Å². The molecule has 6 nitrogen and oxygen atoms in total. The molecule has 4 rings (SSSR count). The number of ether oxygens (including phenoxy) is 1. The number of phenols is 1. The Morgan fingerprint density at radius 3 is 2.70 bits per heavy atom. The number of aromatic nitrogens is 3. The van der Waals surface area contributed by atoms with Crippen molar-refractivity contribution in [3.8, 4) is 11.5 Å². The van der Waals surface area contributed by atoms with Crippen molar-refractivity contribution in [2.24, 2.45) is 0 Å². The van der Waals surface area contributed by atoms with Gasteiger partial charge in [0.25, 0.3) is 0 Å². The maximum absolute atomic E-state index is 13.3. The van der Waals surface area contributed by atoms with Gasteiger partial charge in [0.1, 0.15) is 5.82 Å². The number of rotatable bonds is 4. The molecule has 0 spiro atoms. The van der Waals surface area contributed by atoms with Crippen LogP contribution in [0.1, 0.15) is 29.7 Å². The second kappa shape index (κ2) is 7.08. The van der Waals surface area contributed by atoms with Gasteiger partial charge >= 0.3 is 6.18 Å². The highest BCUT2D eigenvalue weighted by Gasteiger charge is 2.33. The van der Waals surface area contributed by atoms with Crippen molar-refractivity contribution >= 4 is 22.5 Å². The molecule has 156 valence electrons. The molecular formula is C21H19F3N4O2. The lowest BCUT2D eigenvalue weighted by molar-refractivity contribution is -0.138. The Labute approximate surface area is 170 Å². The number of nitrogens with zero attached hydrogens (tertiary/aromatic N) is 3. The SMILES string of the molecule is COc1cc2c(cc1O)c(NC(C)c1cccc(C(F)(F)F)c1C)nc1nccn12. The molecule has 0 saturated carbocycles. The Hall–Kier alpha value is -3.49. The number of imidazole rings is 1. The van der Waals surface area contributed by atoms with Crippen molar-refractivity contribution in [2.75, 3.05) is 12.4 Å². The minimum absolute atomic E-state index is 0.0720. The zero-order valence-electron chi connectivity index (χ0n) is 16.4. The maximum Gasteiger partial charge on any atom is 0.416 e. The summed E-state index contributed by atoms with van der Waals surface area (Å²) < 4.78 is 46.8. The third-order valence-corrected chi connectivity index (χ3v) is 5.15. The second-order valence-corrected chi connectivity index (χ2v) is 6.98. The summed E-state index contributed by atoms with van der Waals surface area (Å²) in [5.41, 5.74) is 0.668. The molecule has 4 aromatic rings. The number of fused-ring (bicyclic) bond motifs is 3. The van der Waals surface area contributed by atoms with Crippen molar-refractivity contribution in [1.82, 2.24) is 14.4 Å². The zero-order chi connectivity index (χ0) is 21.6. The lowest BCUT2D eigenvalue weighted by atomic mass is 9.97. The predicted octanol–water partition coefficient (Wildman–Crippen LogP) is 5.10. The number of nitrogens with one attached hydrogen (secondary N) is 1. The summed E-state index contributed by atoms with van der Waals surface area (Å²) in [5, 5.41) is 14.0.